The summed E-state index contributed by atoms with van der Waals surface area (Å²) in [5.74, 6) is 0.958. The smallest absolute Gasteiger partial charge is 0.259 e. The second kappa shape index (κ2) is 7.85. The highest BCUT2D eigenvalue weighted by molar-refractivity contribution is 6.31. The SMILES string of the molecule is COc1cc2nc(/C(C#N)=C/c3cc4ccccc4nc3Cl)[nH]c(=O)c2cc1OC. The van der Waals surface area contributed by atoms with E-state index in [2.05, 4.69) is 21.0 Å². The number of nitrogens with one attached hydrogen (secondary N) is 1. The van der Waals surface area contributed by atoms with Crippen molar-refractivity contribution in [2.75, 3.05) is 14.2 Å². The molecule has 1 N–H and O–H groups in total. The zero-order valence-electron chi connectivity index (χ0n) is 16.1. The molecule has 0 aliphatic carbocycles. The Labute approximate surface area is 176 Å². The van der Waals surface area contributed by atoms with E-state index in [1.807, 2.05) is 30.3 Å². The van der Waals surface area contributed by atoms with Gasteiger partial charge in [-0.2, -0.15) is 5.26 Å². The number of nitriles is 1. The van der Waals surface area contributed by atoms with E-state index >= 15 is 0 Å². The Balaban J connectivity index is 1.88. The van der Waals surface area contributed by atoms with Gasteiger partial charge in [-0.1, -0.05) is 29.8 Å². The molecular weight excluding hydrogens is 404 g/mol. The highest BCUT2D eigenvalue weighted by Gasteiger charge is 2.14. The van der Waals surface area contributed by atoms with Crippen LogP contribution in [-0.4, -0.2) is 29.2 Å². The third-order valence-corrected chi connectivity index (χ3v) is 4.89. The summed E-state index contributed by atoms with van der Waals surface area (Å²) in [7, 11) is 2.98. The largest absolute Gasteiger partial charge is 0.493 e. The maximum Gasteiger partial charge on any atom is 0.259 e. The van der Waals surface area contributed by atoms with E-state index in [-0.39, 0.29) is 16.6 Å². The van der Waals surface area contributed by atoms with Crippen molar-refractivity contribution >= 4 is 45.1 Å². The zero-order valence-corrected chi connectivity index (χ0v) is 16.8. The molecule has 0 spiro atoms. The van der Waals surface area contributed by atoms with Gasteiger partial charge in [-0.3, -0.25) is 4.79 Å². The average Bonchev–Trinajstić information content (AvgIpc) is 2.76. The van der Waals surface area contributed by atoms with Gasteiger partial charge in [0.1, 0.15) is 11.2 Å². The highest BCUT2D eigenvalue weighted by atomic mass is 35.5. The Morgan fingerprint density at radius 2 is 1.83 bits per heavy atom. The van der Waals surface area contributed by atoms with Crippen LogP contribution in [0.3, 0.4) is 0 Å². The summed E-state index contributed by atoms with van der Waals surface area (Å²) >= 11 is 6.30. The van der Waals surface area contributed by atoms with E-state index in [0.717, 1.165) is 10.9 Å². The molecule has 2 aromatic heterocycles. The molecule has 4 rings (SSSR count). The maximum absolute atomic E-state index is 12.6. The maximum atomic E-state index is 12.6. The molecule has 0 saturated carbocycles. The molecule has 0 radical (unpaired) electrons. The number of hydrogen-bond donors (Lipinski definition) is 1. The molecule has 2 aromatic carbocycles. The lowest BCUT2D eigenvalue weighted by atomic mass is 10.1. The van der Waals surface area contributed by atoms with Crippen LogP contribution in [-0.2, 0) is 0 Å². The lowest BCUT2D eigenvalue weighted by Gasteiger charge is -2.09. The van der Waals surface area contributed by atoms with Crippen molar-refractivity contribution in [2.45, 2.75) is 0 Å². The van der Waals surface area contributed by atoms with Crippen molar-refractivity contribution in [3.05, 3.63) is 69.4 Å². The Kier molecular flexibility index (Phi) is 5.09. The van der Waals surface area contributed by atoms with Crippen LogP contribution < -0.4 is 15.0 Å². The quantitative estimate of drug-likeness (QED) is 0.393. The molecule has 4 aromatic rings. The van der Waals surface area contributed by atoms with Crippen LogP contribution in [0.4, 0.5) is 0 Å². The monoisotopic (exact) mass is 418 g/mol. The number of pyridine rings is 1. The number of fused-ring (bicyclic) bond motifs is 2. The van der Waals surface area contributed by atoms with Gasteiger partial charge in [0.05, 0.1) is 36.2 Å². The number of aromatic amines is 1. The van der Waals surface area contributed by atoms with Gasteiger partial charge in [0.25, 0.3) is 5.56 Å². The van der Waals surface area contributed by atoms with Crippen LogP contribution in [0.25, 0.3) is 33.5 Å². The summed E-state index contributed by atoms with van der Waals surface area (Å²) in [5, 5.41) is 11.1. The minimum Gasteiger partial charge on any atom is -0.493 e. The van der Waals surface area contributed by atoms with Crippen LogP contribution >= 0.6 is 11.6 Å². The summed E-state index contributed by atoms with van der Waals surface area (Å²) < 4.78 is 10.5. The van der Waals surface area contributed by atoms with Gasteiger partial charge >= 0.3 is 0 Å². The van der Waals surface area contributed by atoms with Gasteiger partial charge in [-0.05, 0) is 24.3 Å². The topological polar surface area (TPSA) is 101 Å². The molecule has 30 heavy (non-hydrogen) atoms. The van der Waals surface area contributed by atoms with Crippen molar-refractivity contribution in [2.24, 2.45) is 0 Å². The molecule has 0 amide bonds. The van der Waals surface area contributed by atoms with Gasteiger partial charge in [-0.25, -0.2) is 9.97 Å². The molecule has 7 nitrogen and oxygen atoms in total. The van der Waals surface area contributed by atoms with E-state index in [0.29, 0.717) is 28.0 Å². The predicted molar refractivity (Wildman–Crippen MR) is 116 cm³/mol. The van der Waals surface area contributed by atoms with Crippen LogP contribution in [0.5, 0.6) is 11.5 Å². The summed E-state index contributed by atoms with van der Waals surface area (Å²) in [5.41, 5.74) is 1.40. The molecule has 8 heteroatoms. The number of rotatable bonds is 4. The third-order valence-electron chi connectivity index (χ3n) is 4.59. The number of aromatic nitrogens is 3. The number of benzene rings is 2. The summed E-state index contributed by atoms with van der Waals surface area (Å²) in [4.78, 5) is 24.1. The first-order chi connectivity index (χ1) is 14.5. The van der Waals surface area contributed by atoms with E-state index in [1.54, 1.807) is 18.2 Å². The number of ether oxygens (including phenoxy) is 2. The van der Waals surface area contributed by atoms with E-state index in [1.165, 1.54) is 14.2 Å². The number of H-pyrrole nitrogens is 1. The fourth-order valence-corrected chi connectivity index (χ4v) is 3.31. The highest BCUT2D eigenvalue weighted by Crippen LogP contribution is 2.30. The minimum absolute atomic E-state index is 0.117. The van der Waals surface area contributed by atoms with Crippen molar-refractivity contribution < 1.29 is 9.47 Å². The number of halogens is 1. The van der Waals surface area contributed by atoms with Crippen molar-refractivity contribution in [3.63, 3.8) is 0 Å². The summed E-state index contributed by atoms with van der Waals surface area (Å²) in [6.07, 6.45) is 1.55. The minimum atomic E-state index is -0.403. The summed E-state index contributed by atoms with van der Waals surface area (Å²) in [6.45, 7) is 0. The fourth-order valence-electron chi connectivity index (χ4n) is 3.11. The van der Waals surface area contributed by atoms with Crippen LogP contribution in [0, 0.1) is 11.3 Å². The molecule has 0 atom stereocenters. The van der Waals surface area contributed by atoms with Crippen LogP contribution in [0.2, 0.25) is 5.15 Å². The molecular formula is C22H15ClN4O3. The molecule has 0 unspecified atom stereocenters. The van der Waals surface area contributed by atoms with Gasteiger partial charge in [0, 0.05) is 17.0 Å². The molecule has 0 saturated heterocycles. The first-order valence-electron chi connectivity index (χ1n) is 8.87. The van der Waals surface area contributed by atoms with Gasteiger partial charge in [0.15, 0.2) is 17.3 Å². The number of allylic oxidation sites excluding steroid dienone is 1. The lowest BCUT2D eigenvalue weighted by Crippen LogP contribution is -2.11. The molecule has 0 aliphatic rings. The molecule has 0 bridgehead atoms. The lowest BCUT2D eigenvalue weighted by molar-refractivity contribution is 0.355. The van der Waals surface area contributed by atoms with E-state index in [9.17, 15) is 10.1 Å². The van der Waals surface area contributed by atoms with E-state index < -0.39 is 5.56 Å². The average molecular weight is 419 g/mol. The number of para-hydroxylation sites is 1. The van der Waals surface area contributed by atoms with Crippen molar-refractivity contribution in [1.29, 1.82) is 5.26 Å². The fraction of sp³-hybridized carbons (Fsp3) is 0.0909. The molecule has 2 heterocycles. The first-order valence-corrected chi connectivity index (χ1v) is 9.25. The predicted octanol–water partition coefficient (Wildman–Crippen LogP) is 4.21. The number of nitrogens with zero attached hydrogens (tertiary/aromatic N) is 3. The molecule has 0 fully saturated rings. The second-order valence-corrected chi connectivity index (χ2v) is 6.73. The van der Waals surface area contributed by atoms with Gasteiger partial charge in [-0.15, -0.1) is 0 Å². The molecule has 0 aliphatic heterocycles. The van der Waals surface area contributed by atoms with Crippen LogP contribution in [0.15, 0.2) is 47.3 Å². The van der Waals surface area contributed by atoms with Crippen molar-refractivity contribution in [1.82, 2.24) is 15.0 Å². The Morgan fingerprint density at radius 3 is 2.57 bits per heavy atom. The zero-order chi connectivity index (χ0) is 21.3. The summed E-state index contributed by atoms with van der Waals surface area (Å²) in [6, 6.07) is 14.5. The number of hydrogen-bond acceptors (Lipinski definition) is 6. The van der Waals surface area contributed by atoms with Gasteiger partial charge in [0.2, 0.25) is 0 Å². The Hall–Kier alpha value is -3.89. The first kappa shape index (κ1) is 19.4. The Bertz CT molecular complexity index is 1420. The third kappa shape index (κ3) is 3.45. The standard InChI is InChI=1S/C22H15ClN4O3/c1-29-18-9-15-17(10-19(18)30-2)26-21(27-22(15)28)14(11-24)8-13-7-12-5-3-4-6-16(12)25-20(13)23/h3-10H,1-2H3,(H,26,27,28)/b14-8+. The normalized spacial score (nSPS) is 11.5. The van der Waals surface area contributed by atoms with Crippen LogP contribution in [0.1, 0.15) is 11.4 Å². The number of methoxy groups -OCH3 is 2. The van der Waals surface area contributed by atoms with Gasteiger partial charge < -0.3 is 14.5 Å². The van der Waals surface area contributed by atoms with Crippen molar-refractivity contribution in [3.8, 4) is 17.6 Å². The Morgan fingerprint density at radius 1 is 1.10 bits per heavy atom. The van der Waals surface area contributed by atoms with E-state index in [4.69, 9.17) is 21.1 Å². The molecule has 148 valence electrons. The second-order valence-electron chi connectivity index (χ2n) is 6.37.